The number of nitrogens with one attached hydrogen (secondary N) is 1. The van der Waals surface area contributed by atoms with Crippen LogP contribution in [0.4, 0.5) is 0 Å². The van der Waals surface area contributed by atoms with Crippen molar-refractivity contribution in [2.24, 2.45) is 11.3 Å². The van der Waals surface area contributed by atoms with E-state index in [-0.39, 0.29) is 5.92 Å². The third kappa shape index (κ3) is 3.67. The van der Waals surface area contributed by atoms with Crippen molar-refractivity contribution in [3.63, 3.8) is 0 Å². The van der Waals surface area contributed by atoms with Gasteiger partial charge in [0.05, 0.1) is 12.0 Å². The van der Waals surface area contributed by atoms with Crippen LogP contribution in [0.2, 0.25) is 0 Å². The maximum atomic E-state index is 8.66. The van der Waals surface area contributed by atoms with Gasteiger partial charge in [0, 0.05) is 12.6 Å². The molecule has 0 aromatic carbocycles. The highest BCUT2D eigenvalue weighted by molar-refractivity contribution is 4.85. The van der Waals surface area contributed by atoms with Gasteiger partial charge in [0.25, 0.3) is 0 Å². The van der Waals surface area contributed by atoms with Crippen LogP contribution in [0.15, 0.2) is 0 Å². The minimum Gasteiger partial charge on any atom is -0.313 e. The first-order chi connectivity index (χ1) is 6.53. The highest BCUT2D eigenvalue weighted by Gasteiger charge is 2.26. The van der Waals surface area contributed by atoms with E-state index in [4.69, 9.17) is 5.26 Å². The average molecular weight is 194 g/mol. The minimum absolute atomic E-state index is 0.143. The molecule has 1 fully saturated rings. The second kappa shape index (κ2) is 4.79. The molecule has 80 valence electrons. The number of rotatable bonds is 3. The third-order valence-electron chi connectivity index (χ3n) is 3.27. The SMILES string of the molecule is CC(C#N)CNC1CCC(C)(C)CC1. The summed E-state index contributed by atoms with van der Waals surface area (Å²) in [5.74, 6) is 0.143. The fraction of sp³-hybridized carbons (Fsp3) is 0.917. The van der Waals surface area contributed by atoms with E-state index < -0.39 is 0 Å². The van der Waals surface area contributed by atoms with E-state index >= 15 is 0 Å². The molecule has 1 aliphatic rings. The zero-order valence-corrected chi connectivity index (χ0v) is 9.64. The van der Waals surface area contributed by atoms with Gasteiger partial charge in [-0.3, -0.25) is 0 Å². The quantitative estimate of drug-likeness (QED) is 0.750. The molecule has 1 rings (SSSR count). The Kier molecular flexibility index (Phi) is 3.95. The Labute approximate surface area is 87.7 Å². The van der Waals surface area contributed by atoms with Crippen LogP contribution in [0.3, 0.4) is 0 Å². The van der Waals surface area contributed by atoms with Gasteiger partial charge in [-0.05, 0) is 38.0 Å². The normalized spacial score (nSPS) is 24.1. The van der Waals surface area contributed by atoms with Crippen LogP contribution in [0.25, 0.3) is 0 Å². The Bertz CT molecular complexity index is 205. The van der Waals surface area contributed by atoms with Crippen molar-refractivity contribution in [2.75, 3.05) is 6.54 Å². The lowest BCUT2D eigenvalue weighted by atomic mass is 9.75. The molecular formula is C12H22N2. The van der Waals surface area contributed by atoms with Crippen LogP contribution in [0, 0.1) is 22.7 Å². The Morgan fingerprint density at radius 1 is 1.43 bits per heavy atom. The highest BCUT2D eigenvalue weighted by Crippen LogP contribution is 2.34. The molecule has 0 radical (unpaired) electrons. The smallest absolute Gasteiger partial charge is 0.0666 e. The van der Waals surface area contributed by atoms with E-state index in [2.05, 4.69) is 25.2 Å². The molecular weight excluding hydrogens is 172 g/mol. The maximum Gasteiger partial charge on any atom is 0.0666 e. The van der Waals surface area contributed by atoms with Gasteiger partial charge < -0.3 is 5.32 Å². The van der Waals surface area contributed by atoms with Crippen molar-refractivity contribution in [3.05, 3.63) is 0 Å². The molecule has 2 nitrogen and oxygen atoms in total. The van der Waals surface area contributed by atoms with Crippen molar-refractivity contribution in [1.82, 2.24) is 5.32 Å². The van der Waals surface area contributed by atoms with Gasteiger partial charge in [-0.15, -0.1) is 0 Å². The number of nitrogens with zero attached hydrogens (tertiary/aromatic N) is 1. The second-order valence-electron chi connectivity index (χ2n) is 5.38. The van der Waals surface area contributed by atoms with Gasteiger partial charge in [0.15, 0.2) is 0 Å². The van der Waals surface area contributed by atoms with Gasteiger partial charge in [-0.2, -0.15) is 5.26 Å². The lowest BCUT2D eigenvalue weighted by molar-refractivity contribution is 0.205. The third-order valence-corrected chi connectivity index (χ3v) is 3.27. The first-order valence-electron chi connectivity index (χ1n) is 5.66. The van der Waals surface area contributed by atoms with Gasteiger partial charge >= 0.3 is 0 Å². The molecule has 0 aromatic heterocycles. The van der Waals surface area contributed by atoms with Crippen LogP contribution in [-0.4, -0.2) is 12.6 Å². The van der Waals surface area contributed by atoms with Gasteiger partial charge in [0.2, 0.25) is 0 Å². The molecule has 1 N–H and O–H groups in total. The van der Waals surface area contributed by atoms with E-state index in [9.17, 15) is 0 Å². The molecule has 14 heavy (non-hydrogen) atoms. The summed E-state index contributed by atoms with van der Waals surface area (Å²) in [7, 11) is 0. The largest absolute Gasteiger partial charge is 0.313 e. The molecule has 0 spiro atoms. The predicted octanol–water partition coefficient (Wildman–Crippen LogP) is 2.70. The van der Waals surface area contributed by atoms with Crippen LogP contribution in [-0.2, 0) is 0 Å². The fourth-order valence-corrected chi connectivity index (χ4v) is 1.99. The summed E-state index contributed by atoms with van der Waals surface area (Å²) in [6.45, 7) is 7.52. The van der Waals surface area contributed by atoms with Gasteiger partial charge in [-0.1, -0.05) is 13.8 Å². The Balaban J connectivity index is 2.20. The summed E-state index contributed by atoms with van der Waals surface area (Å²) in [6.07, 6.45) is 5.16. The monoisotopic (exact) mass is 194 g/mol. The minimum atomic E-state index is 0.143. The summed E-state index contributed by atoms with van der Waals surface area (Å²) >= 11 is 0. The van der Waals surface area contributed by atoms with Crippen molar-refractivity contribution < 1.29 is 0 Å². The van der Waals surface area contributed by atoms with E-state index in [1.54, 1.807) is 0 Å². The van der Waals surface area contributed by atoms with Crippen LogP contribution < -0.4 is 5.32 Å². The molecule has 2 heteroatoms. The van der Waals surface area contributed by atoms with Crippen molar-refractivity contribution in [3.8, 4) is 6.07 Å². The van der Waals surface area contributed by atoms with E-state index in [1.165, 1.54) is 25.7 Å². The molecule has 0 amide bonds. The zero-order valence-electron chi connectivity index (χ0n) is 9.64. The van der Waals surface area contributed by atoms with Gasteiger partial charge in [0.1, 0.15) is 0 Å². The summed E-state index contributed by atoms with van der Waals surface area (Å²) in [4.78, 5) is 0. The molecule has 0 heterocycles. The van der Waals surface area contributed by atoms with E-state index in [0.717, 1.165) is 6.54 Å². The van der Waals surface area contributed by atoms with Gasteiger partial charge in [-0.25, -0.2) is 0 Å². The first kappa shape index (κ1) is 11.5. The summed E-state index contributed by atoms with van der Waals surface area (Å²) in [6, 6.07) is 2.91. The topological polar surface area (TPSA) is 35.8 Å². The van der Waals surface area contributed by atoms with Crippen molar-refractivity contribution >= 4 is 0 Å². The van der Waals surface area contributed by atoms with E-state index in [0.29, 0.717) is 11.5 Å². The molecule has 0 aromatic rings. The van der Waals surface area contributed by atoms with E-state index in [1.807, 2.05) is 6.92 Å². The Morgan fingerprint density at radius 3 is 2.50 bits per heavy atom. The summed E-state index contributed by atoms with van der Waals surface area (Å²) in [5.41, 5.74) is 0.541. The van der Waals surface area contributed by atoms with Crippen LogP contribution >= 0.6 is 0 Å². The zero-order chi connectivity index (χ0) is 10.6. The highest BCUT2D eigenvalue weighted by atomic mass is 14.9. The van der Waals surface area contributed by atoms with Crippen molar-refractivity contribution in [2.45, 2.75) is 52.5 Å². The Hall–Kier alpha value is -0.550. The molecule has 1 aliphatic carbocycles. The molecule has 0 aliphatic heterocycles. The Morgan fingerprint density at radius 2 is 2.00 bits per heavy atom. The summed E-state index contributed by atoms with van der Waals surface area (Å²) < 4.78 is 0. The average Bonchev–Trinajstić information content (AvgIpc) is 2.16. The van der Waals surface area contributed by atoms with Crippen LogP contribution in [0.1, 0.15) is 46.5 Å². The lowest BCUT2D eigenvalue weighted by Gasteiger charge is -2.34. The molecule has 1 atom stereocenters. The summed E-state index contributed by atoms with van der Waals surface area (Å²) in [5, 5.41) is 12.1. The maximum absolute atomic E-state index is 8.66. The predicted molar refractivity (Wildman–Crippen MR) is 58.8 cm³/mol. The van der Waals surface area contributed by atoms with Crippen molar-refractivity contribution in [1.29, 1.82) is 5.26 Å². The number of hydrogen-bond donors (Lipinski definition) is 1. The number of hydrogen-bond acceptors (Lipinski definition) is 2. The first-order valence-corrected chi connectivity index (χ1v) is 5.66. The standard InChI is InChI=1S/C12H22N2/c1-10(8-13)9-14-11-4-6-12(2,3)7-5-11/h10-11,14H,4-7,9H2,1-3H3. The number of nitriles is 1. The molecule has 0 bridgehead atoms. The molecule has 1 saturated carbocycles. The lowest BCUT2D eigenvalue weighted by Crippen LogP contribution is -2.37. The second-order valence-corrected chi connectivity index (χ2v) is 5.38. The fourth-order valence-electron chi connectivity index (χ4n) is 1.99. The molecule has 1 unspecified atom stereocenters. The molecule has 0 saturated heterocycles. The van der Waals surface area contributed by atoms with Crippen LogP contribution in [0.5, 0.6) is 0 Å².